The second-order valence-corrected chi connectivity index (χ2v) is 4.25. The second kappa shape index (κ2) is 4.66. The van der Waals surface area contributed by atoms with Crippen LogP contribution in [0, 0.1) is 5.92 Å². The van der Waals surface area contributed by atoms with Crippen molar-refractivity contribution in [2.45, 2.75) is 46.1 Å². The third-order valence-electron chi connectivity index (χ3n) is 2.56. The van der Waals surface area contributed by atoms with Gasteiger partial charge in [0.25, 0.3) is 0 Å². The van der Waals surface area contributed by atoms with Gasteiger partial charge in [-0.15, -0.1) is 0 Å². The first-order valence-corrected chi connectivity index (χ1v) is 5.07. The highest BCUT2D eigenvalue weighted by molar-refractivity contribution is 5.03. The lowest BCUT2D eigenvalue weighted by molar-refractivity contribution is 0.414. The molecule has 0 heterocycles. The first-order valence-electron chi connectivity index (χ1n) is 5.07. The lowest BCUT2D eigenvalue weighted by Crippen LogP contribution is -2.29. The standard InChI is InChI=1S/C11H21N/c1-9(2)12-8-11-6-4-10(3)5-7-11/h4,9,11-12H,5-8H2,1-3H3/t11-/m1/s1. The normalized spacial score (nSPS) is 24.3. The summed E-state index contributed by atoms with van der Waals surface area (Å²) in [5, 5.41) is 3.50. The van der Waals surface area contributed by atoms with Gasteiger partial charge < -0.3 is 5.32 Å². The van der Waals surface area contributed by atoms with Crippen molar-refractivity contribution in [1.29, 1.82) is 0 Å². The molecule has 0 fully saturated rings. The lowest BCUT2D eigenvalue weighted by Gasteiger charge is -2.21. The summed E-state index contributed by atoms with van der Waals surface area (Å²) in [6, 6.07) is 0.636. The predicted octanol–water partition coefficient (Wildman–Crippen LogP) is 2.73. The van der Waals surface area contributed by atoms with Gasteiger partial charge in [0.1, 0.15) is 0 Å². The maximum absolute atomic E-state index is 3.50. The zero-order valence-corrected chi connectivity index (χ0v) is 8.56. The molecule has 1 atom stereocenters. The van der Waals surface area contributed by atoms with E-state index in [4.69, 9.17) is 0 Å². The van der Waals surface area contributed by atoms with Crippen LogP contribution in [0.1, 0.15) is 40.0 Å². The van der Waals surface area contributed by atoms with Crippen LogP contribution >= 0.6 is 0 Å². The Morgan fingerprint density at radius 2 is 2.33 bits per heavy atom. The summed E-state index contributed by atoms with van der Waals surface area (Å²) in [4.78, 5) is 0. The zero-order chi connectivity index (χ0) is 8.97. The Labute approximate surface area is 76.2 Å². The molecule has 1 nitrogen and oxygen atoms in total. The van der Waals surface area contributed by atoms with E-state index in [2.05, 4.69) is 32.2 Å². The minimum absolute atomic E-state index is 0.636. The van der Waals surface area contributed by atoms with Crippen LogP contribution in [0.3, 0.4) is 0 Å². The smallest absolute Gasteiger partial charge is 0.00104 e. The Morgan fingerprint density at radius 1 is 1.58 bits per heavy atom. The van der Waals surface area contributed by atoms with Crippen LogP contribution in [0.4, 0.5) is 0 Å². The third-order valence-corrected chi connectivity index (χ3v) is 2.56. The molecule has 0 unspecified atom stereocenters. The summed E-state index contributed by atoms with van der Waals surface area (Å²) >= 11 is 0. The van der Waals surface area contributed by atoms with E-state index in [-0.39, 0.29) is 0 Å². The summed E-state index contributed by atoms with van der Waals surface area (Å²) < 4.78 is 0. The average molecular weight is 167 g/mol. The van der Waals surface area contributed by atoms with Crippen LogP contribution in [0.5, 0.6) is 0 Å². The van der Waals surface area contributed by atoms with Crippen molar-refractivity contribution >= 4 is 0 Å². The molecule has 1 N–H and O–H groups in total. The van der Waals surface area contributed by atoms with Crippen LogP contribution in [-0.4, -0.2) is 12.6 Å². The van der Waals surface area contributed by atoms with Crippen molar-refractivity contribution in [2.75, 3.05) is 6.54 Å². The number of hydrogen-bond acceptors (Lipinski definition) is 1. The summed E-state index contributed by atoms with van der Waals surface area (Å²) in [6.45, 7) is 7.86. The molecule has 0 radical (unpaired) electrons. The maximum Gasteiger partial charge on any atom is 0.00104 e. The molecule has 0 amide bonds. The second-order valence-electron chi connectivity index (χ2n) is 4.25. The van der Waals surface area contributed by atoms with Crippen molar-refractivity contribution in [3.05, 3.63) is 11.6 Å². The predicted molar refractivity (Wildman–Crippen MR) is 54.2 cm³/mol. The Balaban J connectivity index is 2.19. The van der Waals surface area contributed by atoms with Gasteiger partial charge in [0.15, 0.2) is 0 Å². The van der Waals surface area contributed by atoms with Crippen molar-refractivity contribution in [3.63, 3.8) is 0 Å². The quantitative estimate of drug-likeness (QED) is 0.637. The largest absolute Gasteiger partial charge is 0.314 e. The molecule has 0 aliphatic heterocycles. The Morgan fingerprint density at radius 3 is 2.83 bits per heavy atom. The minimum atomic E-state index is 0.636. The van der Waals surface area contributed by atoms with Gasteiger partial charge in [-0.3, -0.25) is 0 Å². The van der Waals surface area contributed by atoms with E-state index in [9.17, 15) is 0 Å². The van der Waals surface area contributed by atoms with E-state index in [0.29, 0.717) is 6.04 Å². The van der Waals surface area contributed by atoms with Gasteiger partial charge in [0.2, 0.25) is 0 Å². The molecule has 12 heavy (non-hydrogen) atoms. The minimum Gasteiger partial charge on any atom is -0.314 e. The van der Waals surface area contributed by atoms with Crippen LogP contribution < -0.4 is 5.32 Å². The molecule has 0 spiro atoms. The van der Waals surface area contributed by atoms with E-state index < -0.39 is 0 Å². The van der Waals surface area contributed by atoms with Crippen LogP contribution in [0.15, 0.2) is 11.6 Å². The molecule has 1 aliphatic rings. The van der Waals surface area contributed by atoms with E-state index in [0.717, 1.165) is 5.92 Å². The van der Waals surface area contributed by atoms with Gasteiger partial charge in [0.05, 0.1) is 0 Å². The van der Waals surface area contributed by atoms with Crippen molar-refractivity contribution in [1.82, 2.24) is 5.32 Å². The van der Waals surface area contributed by atoms with Crippen LogP contribution in [-0.2, 0) is 0 Å². The molecule has 0 saturated carbocycles. The molecule has 0 aromatic heterocycles. The fraction of sp³-hybridized carbons (Fsp3) is 0.818. The SMILES string of the molecule is CC1=CC[C@@H](CNC(C)C)CC1. The fourth-order valence-corrected chi connectivity index (χ4v) is 1.61. The highest BCUT2D eigenvalue weighted by Gasteiger charge is 2.11. The van der Waals surface area contributed by atoms with Crippen molar-refractivity contribution in [3.8, 4) is 0 Å². The molecule has 0 aromatic carbocycles. The number of nitrogens with one attached hydrogen (secondary N) is 1. The summed E-state index contributed by atoms with van der Waals surface area (Å²) in [6.07, 6.45) is 6.37. The topological polar surface area (TPSA) is 12.0 Å². The van der Waals surface area contributed by atoms with E-state index in [1.165, 1.54) is 25.8 Å². The first kappa shape index (κ1) is 9.79. The number of rotatable bonds is 3. The summed E-state index contributed by atoms with van der Waals surface area (Å²) in [5.41, 5.74) is 1.58. The molecule has 1 rings (SSSR count). The highest BCUT2D eigenvalue weighted by Crippen LogP contribution is 2.22. The first-order chi connectivity index (χ1) is 5.68. The van der Waals surface area contributed by atoms with Gasteiger partial charge in [0, 0.05) is 6.04 Å². The maximum atomic E-state index is 3.50. The van der Waals surface area contributed by atoms with Crippen molar-refractivity contribution < 1.29 is 0 Å². The van der Waals surface area contributed by atoms with Gasteiger partial charge in [-0.1, -0.05) is 25.5 Å². The molecule has 1 aliphatic carbocycles. The monoisotopic (exact) mass is 167 g/mol. The molecular weight excluding hydrogens is 146 g/mol. The molecular formula is C11H21N. The number of allylic oxidation sites excluding steroid dienone is 2. The van der Waals surface area contributed by atoms with Crippen LogP contribution in [0.25, 0.3) is 0 Å². The third kappa shape index (κ3) is 3.40. The summed E-state index contributed by atoms with van der Waals surface area (Å²) in [5.74, 6) is 0.885. The zero-order valence-electron chi connectivity index (χ0n) is 8.56. The van der Waals surface area contributed by atoms with Crippen LogP contribution in [0.2, 0.25) is 0 Å². The molecule has 70 valence electrons. The Hall–Kier alpha value is -0.300. The molecule has 0 bridgehead atoms. The molecule has 0 saturated heterocycles. The summed E-state index contributed by atoms with van der Waals surface area (Å²) in [7, 11) is 0. The number of hydrogen-bond donors (Lipinski definition) is 1. The van der Waals surface area contributed by atoms with Gasteiger partial charge >= 0.3 is 0 Å². The van der Waals surface area contributed by atoms with Gasteiger partial charge in [-0.25, -0.2) is 0 Å². The van der Waals surface area contributed by atoms with Crippen molar-refractivity contribution in [2.24, 2.45) is 5.92 Å². The molecule has 1 heteroatoms. The molecule has 0 aromatic rings. The van der Waals surface area contributed by atoms with Gasteiger partial charge in [-0.2, -0.15) is 0 Å². The Kier molecular flexibility index (Phi) is 3.80. The highest BCUT2D eigenvalue weighted by atomic mass is 14.9. The fourth-order valence-electron chi connectivity index (χ4n) is 1.61. The van der Waals surface area contributed by atoms with Gasteiger partial charge in [-0.05, 0) is 38.6 Å². The van der Waals surface area contributed by atoms with E-state index >= 15 is 0 Å². The lowest BCUT2D eigenvalue weighted by atomic mass is 9.90. The average Bonchev–Trinajstić information content (AvgIpc) is 2.03. The Bertz CT molecular complexity index is 158. The van der Waals surface area contributed by atoms with E-state index in [1.807, 2.05) is 0 Å². The van der Waals surface area contributed by atoms with E-state index in [1.54, 1.807) is 5.57 Å².